The maximum atomic E-state index is 14.3. The van der Waals surface area contributed by atoms with Crippen LogP contribution in [-0.2, 0) is 17.8 Å². The number of methoxy groups -OCH3 is 1. The molecule has 1 aromatic carbocycles. The van der Waals surface area contributed by atoms with E-state index in [4.69, 9.17) is 4.74 Å². The first-order valence-corrected chi connectivity index (χ1v) is 7.16. The molecule has 0 radical (unpaired) electrons. The second-order valence-electron chi connectivity index (χ2n) is 4.87. The van der Waals surface area contributed by atoms with Gasteiger partial charge in [-0.3, -0.25) is 0 Å². The lowest BCUT2D eigenvalue weighted by Gasteiger charge is -2.23. The fourth-order valence-electron chi connectivity index (χ4n) is 2.51. The van der Waals surface area contributed by atoms with Crippen molar-refractivity contribution in [3.63, 3.8) is 0 Å². The molecule has 1 aromatic rings. The molecule has 0 amide bonds. The zero-order valence-electron chi connectivity index (χ0n) is 10.6. The van der Waals surface area contributed by atoms with Gasteiger partial charge in [-0.05, 0) is 56.0 Å². The number of hydrogen-bond acceptors (Lipinski definition) is 2. The summed E-state index contributed by atoms with van der Waals surface area (Å²) in [6.07, 6.45) is 3.08. The lowest BCUT2D eigenvalue weighted by molar-refractivity contribution is 0.181. The van der Waals surface area contributed by atoms with Gasteiger partial charge in [0.2, 0.25) is 0 Å². The van der Waals surface area contributed by atoms with Crippen LogP contribution in [0.1, 0.15) is 24.0 Å². The molecule has 1 heterocycles. The lowest BCUT2D eigenvalue weighted by Crippen LogP contribution is -2.28. The van der Waals surface area contributed by atoms with Gasteiger partial charge in [-0.1, -0.05) is 15.9 Å². The molecule has 2 rings (SSSR count). The van der Waals surface area contributed by atoms with Crippen molar-refractivity contribution in [3.8, 4) is 0 Å². The first-order valence-electron chi connectivity index (χ1n) is 6.37. The maximum Gasteiger partial charge on any atom is 0.131 e. The van der Waals surface area contributed by atoms with Crippen LogP contribution < -0.4 is 5.32 Å². The molecule has 1 N–H and O–H groups in total. The van der Waals surface area contributed by atoms with Crippen molar-refractivity contribution in [2.45, 2.75) is 25.9 Å². The third-order valence-electron chi connectivity index (χ3n) is 3.46. The Morgan fingerprint density at radius 2 is 2.00 bits per heavy atom. The second-order valence-corrected chi connectivity index (χ2v) is 5.78. The standard InChI is InChI=1S/C14H19BrFNO/c1-18-9-12-8-13(15)7-11(14(12)16)6-10-2-4-17-5-3-10/h7-8,10,17H,2-6,9H2,1H3. The van der Waals surface area contributed by atoms with E-state index in [2.05, 4.69) is 21.2 Å². The first kappa shape index (κ1) is 14.0. The summed E-state index contributed by atoms with van der Waals surface area (Å²) in [5.41, 5.74) is 1.44. The van der Waals surface area contributed by atoms with Gasteiger partial charge in [0.25, 0.3) is 0 Å². The van der Waals surface area contributed by atoms with E-state index in [9.17, 15) is 4.39 Å². The molecule has 1 fully saturated rings. The zero-order chi connectivity index (χ0) is 13.0. The van der Waals surface area contributed by atoms with Crippen molar-refractivity contribution in [2.24, 2.45) is 5.92 Å². The Bertz CT molecular complexity index is 405. The fraction of sp³-hybridized carbons (Fsp3) is 0.571. The Labute approximate surface area is 116 Å². The summed E-state index contributed by atoms with van der Waals surface area (Å²) in [7, 11) is 1.59. The van der Waals surface area contributed by atoms with Crippen LogP contribution in [0.25, 0.3) is 0 Å². The minimum atomic E-state index is -0.0985. The normalized spacial score (nSPS) is 17.1. The van der Waals surface area contributed by atoms with Gasteiger partial charge in [-0.15, -0.1) is 0 Å². The van der Waals surface area contributed by atoms with Crippen molar-refractivity contribution in [1.29, 1.82) is 0 Å². The summed E-state index contributed by atoms with van der Waals surface area (Å²) in [6.45, 7) is 2.42. The van der Waals surface area contributed by atoms with E-state index in [0.717, 1.165) is 42.4 Å². The molecule has 0 bridgehead atoms. The van der Waals surface area contributed by atoms with Crippen molar-refractivity contribution >= 4 is 15.9 Å². The van der Waals surface area contributed by atoms with Crippen LogP contribution >= 0.6 is 15.9 Å². The largest absolute Gasteiger partial charge is 0.380 e. The SMILES string of the molecule is COCc1cc(Br)cc(CC2CCNCC2)c1F. The Morgan fingerprint density at radius 1 is 1.33 bits per heavy atom. The van der Waals surface area contributed by atoms with Gasteiger partial charge in [0.1, 0.15) is 5.82 Å². The number of rotatable bonds is 4. The highest BCUT2D eigenvalue weighted by Gasteiger charge is 2.17. The molecule has 2 nitrogen and oxygen atoms in total. The molecule has 0 aromatic heterocycles. The average molecular weight is 316 g/mol. The molecule has 1 aliphatic rings. The van der Waals surface area contributed by atoms with Crippen molar-refractivity contribution in [3.05, 3.63) is 33.5 Å². The highest BCUT2D eigenvalue weighted by Crippen LogP contribution is 2.25. The molecular formula is C14H19BrFNO. The van der Waals surface area contributed by atoms with Crippen LogP contribution in [0.4, 0.5) is 4.39 Å². The number of nitrogens with one attached hydrogen (secondary N) is 1. The highest BCUT2D eigenvalue weighted by molar-refractivity contribution is 9.10. The molecule has 1 aliphatic heterocycles. The maximum absolute atomic E-state index is 14.3. The summed E-state index contributed by atoms with van der Waals surface area (Å²) < 4.78 is 20.2. The van der Waals surface area contributed by atoms with E-state index in [1.54, 1.807) is 13.2 Å². The molecule has 0 unspecified atom stereocenters. The Kier molecular flexibility index (Phi) is 5.15. The summed E-state index contributed by atoms with van der Waals surface area (Å²) >= 11 is 3.45. The minimum absolute atomic E-state index is 0.0985. The Balaban J connectivity index is 2.15. The average Bonchev–Trinajstić information content (AvgIpc) is 2.36. The van der Waals surface area contributed by atoms with E-state index in [-0.39, 0.29) is 5.82 Å². The van der Waals surface area contributed by atoms with Crippen LogP contribution in [0.5, 0.6) is 0 Å². The van der Waals surface area contributed by atoms with Crippen LogP contribution in [0.15, 0.2) is 16.6 Å². The van der Waals surface area contributed by atoms with Gasteiger partial charge in [0, 0.05) is 17.1 Å². The van der Waals surface area contributed by atoms with Gasteiger partial charge in [-0.25, -0.2) is 4.39 Å². The quantitative estimate of drug-likeness (QED) is 0.920. The molecule has 4 heteroatoms. The van der Waals surface area contributed by atoms with E-state index < -0.39 is 0 Å². The molecule has 18 heavy (non-hydrogen) atoms. The van der Waals surface area contributed by atoms with Gasteiger partial charge < -0.3 is 10.1 Å². The highest BCUT2D eigenvalue weighted by atomic mass is 79.9. The third kappa shape index (κ3) is 3.53. The lowest BCUT2D eigenvalue weighted by atomic mass is 9.90. The Hall–Kier alpha value is -0.450. The van der Waals surface area contributed by atoms with E-state index in [1.165, 1.54) is 0 Å². The number of hydrogen-bond donors (Lipinski definition) is 1. The van der Waals surface area contributed by atoms with Crippen molar-refractivity contribution in [2.75, 3.05) is 20.2 Å². The second kappa shape index (κ2) is 6.64. The van der Waals surface area contributed by atoms with E-state index >= 15 is 0 Å². The fourth-order valence-corrected chi connectivity index (χ4v) is 3.07. The monoisotopic (exact) mass is 315 g/mol. The van der Waals surface area contributed by atoms with Gasteiger partial charge in [0.05, 0.1) is 6.61 Å². The van der Waals surface area contributed by atoms with Crippen LogP contribution in [0.2, 0.25) is 0 Å². The van der Waals surface area contributed by atoms with E-state index in [1.807, 2.05) is 6.07 Å². The predicted molar refractivity (Wildman–Crippen MR) is 74.1 cm³/mol. The molecular weight excluding hydrogens is 297 g/mol. The predicted octanol–water partition coefficient (Wildman–Crippen LogP) is 3.28. The number of ether oxygens (including phenoxy) is 1. The molecule has 100 valence electrons. The Morgan fingerprint density at radius 3 is 2.67 bits per heavy atom. The van der Waals surface area contributed by atoms with Crippen LogP contribution in [0.3, 0.4) is 0 Å². The molecule has 0 spiro atoms. The summed E-state index contributed by atoms with van der Waals surface area (Å²) in [6, 6.07) is 3.70. The summed E-state index contributed by atoms with van der Waals surface area (Å²) in [5, 5.41) is 3.34. The van der Waals surface area contributed by atoms with Gasteiger partial charge in [0.15, 0.2) is 0 Å². The van der Waals surface area contributed by atoms with Crippen LogP contribution in [-0.4, -0.2) is 20.2 Å². The van der Waals surface area contributed by atoms with Crippen molar-refractivity contribution < 1.29 is 9.13 Å². The number of halogens is 2. The topological polar surface area (TPSA) is 21.3 Å². The van der Waals surface area contributed by atoms with Gasteiger partial charge in [-0.2, -0.15) is 0 Å². The third-order valence-corrected chi connectivity index (χ3v) is 3.91. The molecule has 1 saturated heterocycles. The first-order chi connectivity index (χ1) is 8.70. The van der Waals surface area contributed by atoms with Crippen molar-refractivity contribution in [1.82, 2.24) is 5.32 Å². The van der Waals surface area contributed by atoms with Gasteiger partial charge >= 0.3 is 0 Å². The number of benzene rings is 1. The summed E-state index contributed by atoms with van der Waals surface area (Å²) in [4.78, 5) is 0. The number of piperidine rings is 1. The summed E-state index contributed by atoms with van der Waals surface area (Å²) in [5.74, 6) is 0.490. The molecule has 0 saturated carbocycles. The zero-order valence-corrected chi connectivity index (χ0v) is 12.2. The molecule has 0 aliphatic carbocycles. The van der Waals surface area contributed by atoms with E-state index in [0.29, 0.717) is 18.1 Å². The molecule has 0 atom stereocenters. The van der Waals surface area contributed by atoms with Crippen LogP contribution in [0, 0.1) is 11.7 Å². The minimum Gasteiger partial charge on any atom is -0.380 e. The smallest absolute Gasteiger partial charge is 0.131 e.